The predicted molar refractivity (Wildman–Crippen MR) is 128 cm³/mol. The van der Waals surface area contributed by atoms with Crippen molar-refractivity contribution in [2.24, 2.45) is 17.3 Å². The van der Waals surface area contributed by atoms with Gasteiger partial charge in [-0.05, 0) is 65.7 Å². The van der Waals surface area contributed by atoms with Crippen LogP contribution in [0.2, 0.25) is 0 Å². The average molecular weight is 463 g/mol. The molecule has 3 aromatic carbocycles. The molecule has 0 aliphatic heterocycles. The molecule has 0 bridgehead atoms. The average Bonchev–Trinajstić information content (AvgIpc) is 3.05. The lowest BCUT2D eigenvalue weighted by Gasteiger charge is -2.25. The number of rotatable bonds is 7. The molecule has 0 atom stereocenters. The van der Waals surface area contributed by atoms with Crippen LogP contribution < -0.4 is 21.9 Å². The maximum Gasteiger partial charge on any atom is 0.408 e. The Hall–Kier alpha value is -3.02. The summed E-state index contributed by atoms with van der Waals surface area (Å²) in [6.45, 7) is 5.91. The van der Waals surface area contributed by atoms with Gasteiger partial charge < -0.3 is 17.3 Å². The zero-order chi connectivity index (χ0) is 21.6. The Bertz CT molecular complexity index is 1110. The second-order valence-corrected chi connectivity index (χ2v) is 8.81. The van der Waals surface area contributed by atoms with Gasteiger partial charge in [-0.15, -0.1) is 0 Å². The van der Waals surface area contributed by atoms with Gasteiger partial charge in [0, 0.05) is 18.8 Å². The van der Waals surface area contributed by atoms with E-state index in [1.807, 2.05) is 19.2 Å². The van der Waals surface area contributed by atoms with E-state index in [4.69, 9.17) is 0 Å². The first-order valence-electron chi connectivity index (χ1n) is 10.4. The summed E-state index contributed by atoms with van der Waals surface area (Å²) in [7, 11) is 2.03. The monoisotopic (exact) mass is 462 g/mol. The molecule has 0 unspecified atom stereocenters. The number of aromatic nitrogens is 1. The van der Waals surface area contributed by atoms with Crippen LogP contribution in [0.3, 0.4) is 0 Å². The Morgan fingerprint density at radius 2 is 1.28 bits per heavy atom. The first-order valence-corrected chi connectivity index (χ1v) is 11.2. The van der Waals surface area contributed by atoms with E-state index in [9.17, 15) is 0 Å². The van der Waals surface area contributed by atoms with Crippen molar-refractivity contribution in [3.8, 4) is 0 Å². The van der Waals surface area contributed by atoms with Gasteiger partial charge in [0.15, 0.2) is 0 Å². The lowest BCUT2D eigenvalue weighted by molar-refractivity contribution is -0.660. The van der Waals surface area contributed by atoms with Crippen LogP contribution in [0.5, 0.6) is 0 Å². The first-order chi connectivity index (χ1) is 15.1. The molecule has 4 rings (SSSR count). The van der Waals surface area contributed by atoms with Crippen LogP contribution in [0.4, 0.5) is 16.5 Å². The van der Waals surface area contributed by atoms with E-state index in [2.05, 4.69) is 106 Å². The molecule has 0 aliphatic rings. The molecular weight excluding hydrogens is 436 g/mol. The Labute approximate surface area is 200 Å². The fourth-order valence-corrected chi connectivity index (χ4v) is 4.34. The quantitative estimate of drug-likeness (QED) is 0.303. The standard InChI is InChI=1S/C26H27N4S.ClH/c1-20-21(2)31-26(29(20)3)28-27-24-14-16-25(17-15-24)30(18-22-10-6-4-7-11-22)19-23-12-8-5-9-13-23;/h4-17H,18-19H2,1-3H3;1H/q+1;/p-1. The van der Waals surface area contributed by atoms with Crippen LogP contribution in [0.25, 0.3) is 0 Å². The highest BCUT2D eigenvalue weighted by Crippen LogP contribution is 2.27. The largest absolute Gasteiger partial charge is 1.00 e. The number of thiazole rings is 1. The second kappa shape index (κ2) is 11.0. The molecule has 0 saturated heterocycles. The molecule has 164 valence electrons. The molecule has 4 nitrogen and oxygen atoms in total. The highest BCUT2D eigenvalue weighted by Gasteiger charge is 2.16. The van der Waals surface area contributed by atoms with E-state index < -0.39 is 0 Å². The van der Waals surface area contributed by atoms with Gasteiger partial charge in [-0.25, -0.2) is 4.57 Å². The second-order valence-electron chi connectivity index (χ2n) is 7.63. The summed E-state index contributed by atoms with van der Waals surface area (Å²) in [6, 6.07) is 29.5. The lowest BCUT2D eigenvalue weighted by Crippen LogP contribution is -3.00. The van der Waals surface area contributed by atoms with E-state index in [1.165, 1.54) is 27.4 Å². The fourth-order valence-electron chi connectivity index (χ4n) is 3.42. The number of hydrogen-bond acceptors (Lipinski definition) is 4. The minimum Gasteiger partial charge on any atom is -1.00 e. The number of anilines is 1. The molecule has 0 aliphatic carbocycles. The minimum absolute atomic E-state index is 0. The molecule has 0 fully saturated rings. The molecule has 1 heterocycles. The van der Waals surface area contributed by atoms with Gasteiger partial charge in [0.05, 0.1) is 17.0 Å². The third-order valence-electron chi connectivity index (χ3n) is 5.44. The van der Waals surface area contributed by atoms with Crippen molar-refractivity contribution in [2.45, 2.75) is 26.9 Å². The topological polar surface area (TPSA) is 31.8 Å². The molecule has 1 aromatic heterocycles. The number of halogens is 1. The molecule has 32 heavy (non-hydrogen) atoms. The van der Waals surface area contributed by atoms with Gasteiger partial charge >= 0.3 is 5.13 Å². The third-order valence-corrected chi connectivity index (χ3v) is 6.58. The molecule has 0 spiro atoms. The summed E-state index contributed by atoms with van der Waals surface area (Å²) in [5, 5.41) is 9.83. The van der Waals surface area contributed by atoms with Crippen LogP contribution in [0, 0.1) is 13.8 Å². The minimum atomic E-state index is 0. The van der Waals surface area contributed by atoms with Crippen molar-refractivity contribution >= 4 is 27.8 Å². The van der Waals surface area contributed by atoms with E-state index in [0.29, 0.717) is 0 Å². The SMILES string of the molecule is Cc1sc(/N=N/c2ccc(N(Cc3ccccc3)Cc3ccccc3)cc2)[n+](C)c1C.[Cl-]. The molecule has 6 heteroatoms. The Morgan fingerprint density at radius 3 is 1.75 bits per heavy atom. The van der Waals surface area contributed by atoms with Crippen molar-refractivity contribution in [1.29, 1.82) is 0 Å². The van der Waals surface area contributed by atoms with E-state index in [1.54, 1.807) is 11.3 Å². The van der Waals surface area contributed by atoms with Crippen LogP contribution >= 0.6 is 11.3 Å². The number of azo groups is 1. The lowest BCUT2D eigenvalue weighted by atomic mass is 10.1. The van der Waals surface area contributed by atoms with Crippen LogP contribution in [0.15, 0.2) is 95.2 Å². The molecule has 0 amide bonds. The van der Waals surface area contributed by atoms with Crippen LogP contribution in [-0.4, -0.2) is 0 Å². The number of nitrogens with zero attached hydrogens (tertiary/aromatic N) is 4. The number of hydrogen-bond donors (Lipinski definition) is 0. The highest BCUT2D eigenvalue weighted by atomic mass is 35.5. The smallest absolute Gasteiger partial charge is 0.408 e. The Morgan fingerprint density at radius 1 is 0.750 bits per heavy atom. The predicted octanol–water partition coefficient (Wildman–Crippen LogP) is 3.82. The zero-order valence-corrected chi connectivity index (χ0v) is 20.1. The van der Waals surface area contributed by atoms with Gasteiger partial charge in [-0.3, -0.25) is 0 Å². The summed E-state index contributed by atoms with van der Waals surface area (Å²) in [6.07, 6.45) is 0. The van der Waals surface area contributed by atoms with Crippen LogP contribution in [0.1, 0.15) is 21.7 Å². The van der Waals surface area contributed by atoms with Gasteiger partial charge in [0.25, 0.3) is 0 Å². The van der Waals surface area contributed by atoms with Crippen molar-refractivity contribution < 1.29 is 17.0 Å². The number of benzene rings is 3. The normalized spacial score (nSPS) is 10.8. The van der Waals surface area contributed by atoms with E-state index in [0.717, 1.165) is 23.9 Å². The summed E-state index contributed by atoms with van der Waals surface area (Å²) in [5.74, 6) is 0. The van der Waals surface area contributed by atoms with Crippen molar-refractivity contribution in [1.82, 2.24) is 0 Å². The van der Waals surface area contributed by atoms with Gasteiger partial charge in [0.2, 0.25) is 0 Å². The maximum absolute atomic E-state index is 4.46. The molecular formula is C26H27ClN4S. The van der Waals surface area contributed by atoms with Crippen molar-refractivity contribution in [3.05, 3.63) is 107 Å². The molecule has 0 saturated carbocycles. The first kappa shape index (κ1) is 23.6. The van der Waals surface area contributed by atoms with Crippen molar-refractivity contribution in [2.75, 3.05) is 4.90 Å². The number of aryl methyl sites for hydroxylation is 1. The zero-order valence-electron chi connectivity index (χ0n) is 18.6. The maximum atomic E-state index is 4.46. The van der Waals surface area contributed by atoms with Crippen molar-refractivity contribution in [3.63, 3.8) is 0 Å². The molecule has 4 aromatic rings. The third kappa shape index (κ3) is 5.81. The summed E-state index contributed by atoms with van der Waals surface area (Å²) in [5.41, 5.74) is 5.83. The van der Waals surface area contributed by atoms with Gasteiger partial charge in [0.1, 0.15) is 11.4 Å². The summed E-state index contributed by atoms with van der Waals surface area (Å²) >= 11 is 1.67. The van der Waals surface area contributed by atoms with Gasteiger partial charge in [-0.2, -0.15) is 0 Å². The molecule has 0 radical (unpaired) electrons. The highest BCUT2D eigenvalue weighted by molar-refractivity contribution is 7.14. The van der Waals surface area contributed by atoms with E-state index in [-0.39, 0.29) is 12.4 Å². The molecule has 0 N–H and O–H groups in total. The Balaban J connectivity index is 0.00000289. The summed E-state index contributed by atoms with van der Waals surface area (Å²) < 4.78 is 2.08. The fraction of sp³-hybridized carbons (Fsp3) is 0.192. The van der Waals surface area contributed by atoms with Crippen LogP contribution in [-0.2, 0) is 20.1 Å². The van der Waals surface area contributed by atoms with Gasteiger partial charge in [-0.1, -0.05) is 60.7 Å². The van der Waals surface area contributed by atoms with E-state index >= 15 is 0 Å². The summed E-state index contributed by atoms with van der Waals surface area (Å²) in [4.78, 5) is 3.65. The Kier molecular flexibility index (Phi) is 8.14.